The Morgan fingerprint density at radius 3 is 2.64 bits per heavy atom. The summed E-state index contributed by atoms with van der Waals surface area (Å²) < 4.78 is 46.2. The molecule has 2 N–H and O–H groups in total. The van der Waals surface area contributed by atoms with Crippen molar-refractivity contribution in [1.29, 1.82) is 0 Å². The molecule has 2 aromatic heterocycles. The zero-order chi connectivity index (χ0) is 25.5. The Morgan fingerprint density at radius 2 is 1.97 bits per heavy atom. The minimum Gasteiger partial charge on any atom is -0.487 e. The van der Waals surface area contributed by atoms with Crippen LogP contribution in [0.1, 0.15) is 47.5 Å². The molecule has 1 saturated heterocycles. The number of thiazole rings is 1. The number of rotatable bonds is 8. The van der Waals surface area contributed by atoms with Crippen molar-refractivity contribution < 1.29 is 17.9 Å². The molecule has 0 amide bonds. The third-order valence-corrected chi connectivity index (χ3v) is 6.82. The molecule has 1 aliphatic rings. The molecule has 0 bridgehead atoms. The van der Waals surface area contributed by atoms with E-state index in [0.717, 1.165) is 61.3 Å². The van der Waals surface area contributed by atoms with Crippen molar-refractivity contribution >= 4 is 29.3 Å². The van der Waals surface area contributed by atoms with Gasteiger partial charge in [0.15, 0.2) is 0 Å². The molecule has 13 heteroatoms. The van der Waals surface area contributed by atoms with E-state index in [9.17, 15) is 13.2 Å². The van der Waals surface area contributed by atoms with Gasteiger partial charge in [0, 0.05) is 36.8 Å². The molecule has 190 valence electrons. The highest BCUT2D eigenvalue weighted by molar-refractivity contribution is 7.09. The van der Waals surface area contributed by atoms with Crippen molar-refractivity contribution in [2.24, 2.45) is 21.2 Å². The molecule has 4 rings (SSSR count). The van der Waals surface area contributed by atoms with Crippen LogP contribution in [-0.2, 0) is 19.2 Å². The van der Waals surface area contributed by atoms with Crippen LogP contribution in [0.25, 0.3) is 0 Å². The molecule has 0 unspecified atom stereocenters. The number of ether oxygens (including phenoxy) is 1. The number of nitrogens with two attached hydrogens (primary N) is 1. The second-order valence-corrected chi connectivity index (χ2v) is 9.02. The molecule has 0 aliphatic carbocycles. The van der Waals surface area contributed by atoms with Gasteiger partial charge in [-0.25, -0.2) is 19.9 Å². The monoisotopic (exact) mass is 518 g/mol. The van der Waals surface area contributed by atoms with E-state index in [4.69, 9.17) is 10.6 Å². The average molecular weight is 519 g/mol. The summed E-state index contributed by atoms with van der Waals surface area (Å²) in [5.41, 5.74) is 0.817. The number of aromatic nitrogens is 3. The van der Waals surface area contributed by atoms with Gasteiger partial charge in [-0.1, -0.05) is 12.1 Å². The number of halogens is 3. The fourth-order valence-electron chi connectivity index (χ4n) is 3.82. The predicted octanol–water partition coefficient (Wildman–Crippen LogP) is 5.46. The van der Waals surface area contributed by atoms with Crippen LogP contribution in [0.3, 0.4) is 0 Å². The molecular formula is C23H25F3N8OS. The Labute approximate surface area is 210 Å². The smallest absolute Gasteiger partial charge is 0.420 e. The lowest BCUT2D eigenvalue weighted by atomic mass is 9.98. The lowest BCUT2D eigenvalue weighted by Crippen LogP contribution is -2.34. The molecule has 0 saturated carbocycles. The first-order chi connectivity index (χ1) is 17.4. The molecule has 1 fully saturated rings. The first-order valence-electron chi connectivity index (χ1n) is 11.3. The molecule has 0 spiro atoms. The van der Waals surface area contributed by atoms with E-state index in [-0.39, 0.29) is 24.0 Å². The van der Waals surface area contributed by atoms with E-state index < -0.39 is 11.7 Å². The van der Waals surface area contributed by atoms with Crippen LogP contribution in [0, 0.1) is 0 Å². The maximum Gasteiger partial charge on any atom is 0.420 e. The van der Waals surface area contributed by atoms with Gasteiger partial charge in [-0.15, -0.1) is 16.5 Å². The molecule has 0 atom stereocenters. The summed E-state index contributed by atoms with van der Waals surface area (Å²) in [6, 6.07) is 3.51. The average Bonchev–Trinajstić information content (AvgIpc) is 3.37. The Hall–Kier alpha value is -3.61. The molecule has 36 heavy (non-hydrogen) atoms. The largest absolute Gasteiger partial charge is 0.487 e. The zero-order valence-electron chi connectivity index (χ0n) is 19.5. The first-order valence-corrected chi connectivity index (χ1v) is 12.2. The first kappa shape index (κ1) is 25.5. The highest BCUT2D eigenvalue weighted by Gasteiger charge is 2.35. The number of aryl methyl sites for hydroxylation is 1. The van der Waals surface area contributed by atoms with E-state index in [1.54, 1.807) is 0 Å². The fourth-order valence-corrected chi connectivity index (χ4v) is 4.79. The molecule has 3 aromatic rings. The summed E-state index contributed by atoms with van der Waals surface area (Å²) in [6.07, 6.45) is 2.77. The van der Waals surface area contributed by atoms with Crippen LogP contribution in [0.5, 0.6) is 5.75 Å². The van der Waals surface area contributed by atoms with Crippen molar-refractivity contribution in [3.63, 3.8) is 0 Å². The summed E-state index contributed by atoms with van der Waals surface area (Å²) in [7, 11) is 0. The van der Waals surface area contributed by atoms with Crippen molar-refractivity contribution in [2.75, 3.05) is 18.0 Å². The summed E-state index contributed by atoms with van der Waals surface area (Å²) in [4.78, 5) is 19.5. The second kappa shape index (κ2) is 11.4. The predicted molar refractivity (Wildman–Crippen MR) is 131 cm³/mol. The standard InChI is InChI=1S/C23H25F3N8OS/c1-2-15-10-28-22(29-11-15)34-7-5-16(6-8-34)21-32-18(13-36-21)12-35-20-4-3-17(30-14-31-33-27)9-19(20)23(24,25)26/h3-4,9-11,13-14,16H,2,5-8,12H2,1H3,(H2,27,30,31). The molecule has 0 radical (unpaired) electrons. The van der Waals surface area contributed by atoms with Crippen LogP contribution in [0.15, 0.2) is 51.3 Å². The van der Waals surface area contributed by atoms with Gasteiger partial charge in [0.05, 0.1) is 22.0 Å². The van der Waals surface area contributed by atoms with Gasteiger partial charge in [0.2, 0.25) is 5.95 Å². The number of nitrogens with zero attached hydrogens (tertiary/aromatic N) is 7. The number of piperidine rings is 1. The Morgan fingerprint density at radius 1 is 1.22 bits per heavy atom. The lowest BCUT2D eigenvalue weighted by Gasteiger charge is -2.31. The quantitative estimate of drug-likeness (QED) is 0.139. The summed E-state index contributed by atoms with van der Waals surface area (Å²) in [5.74, 6) is 5.58. The normalized spacial score (nSPS) is 15.3. The third kappa shape index (κ3) is 6.33. The van der Waals surface area contributed by atoms with Crippen LogP contribution in [0.4, 0.5) is 24.8 Å². The van der Waals surface area contributed by atoms with E-state index in [1.165, 1.54) is 23.5 Å². The summed E-state index contributed by atoms with van der Waals surface area (Å²) in [6.45, 7) is 3.63. The van der Waals surface area contributed by atoms with E-state index >= 15 is 0 Å². The number of alkyl halides is 3. The van der Waals surface area contributed by atoms with Gasteiger partial charge < -0.3 is 15.5 Å². The topological polar surface area (TPSA) is 114 Å². The number of aliphatic imine (C=N–C) groups is 1. The summed E-state index contributed by atoms with van der Waals surface area (Å²) >= 11 is 1.50. The molecule has 1 aromatic carbocycles. The maximum absolute atomic E-state index is 13.6. The van der Waals surface area contributed by atoms with E-state index in [0.29, 0.717) is 5.69 Å². The second-order valence-electron chi connectivity index (χ2n) is 8.13. The van der Waals surface area contributed by atoms with Crippen molar-refractivity contribution in [1.82, 2.24) is 15.0 Å². The number of anilines is 1. The Balaban J connectivity index is 1.36. The van der Waals surface area contributed by atoms with Gasteiger partial charge in [0.25, 0.3) is 0 Å². The Bertz CT molecular complexity index is 1200. The van der Waals surface area contributed by atoms with Gasteiger partial charge >= 0.3 is 6.18 Å². The van der Waals surface area contributed by atoms with Gasteiger partial charge in [0.1, 0.15) is 18.7 Å². The summed E-state index contributed by atoms with van der Waals surface area (Å²) in [5, 5.41) is 9.08. The Kier molecular flexibility index (Phi) is 8.08. The molecule has 1 aliphatic heterocycles. The minimum atomic E-state index is -4.61. The number of hydrogen-bond acceptors (Lipinski definition) is 8. The van der Waals surface area contributed by atoms with Crippen molar-refractivity contribution in [3.05, 3.63) is 57.8 Å². The van der Waals surface area contributed by atoms with Crippen molar-refractivity contribution in [2.45, 2.75) is 44.9 Å². The highest BCUT2D eigenvalue weighted by Crippen LogP contribution is 2.39. The minimum absolute atomic E-state index is 0.0519. The molecule has 3 heterocycles. The van der Waals surface area contributed by atoms with Crippen molar-refractivity contribution in [3.8, 4) is 5.75 Å². The lowest BCUT2D eigenvalue weighted by molar-refractivity contribution is -0.139. The zero-order valence-corrected chi connectivity index (χ0v) is 20.3. The van der Waals surface area contributed by atoms with Crippen LogP contribution in [0.2, 0.25) is 0 Å². The molecule has 9 nitrogen and oxygen atoms in total. The van der Waals surface area contributed by atoms with Crippen LogP contribution < -0.4 is 15.5 Å². The van der Waals surface area contributed by atoms with Gasteiger partial charge in [-0.05, 0) is 43.0 Å². The van der Waals surface area contributed by atoms with E-state index in [2.05, 4.69) is 42.1 Å². The SMILES string of the molecule is CCc1cnc(N2CCC(c3nc(COc4ccc(N=CN=NN)cc4C(F)(F)F)cs3)CC2)nc1. The van der Waals surface area contributed by atoms with Crippen LogP contribution in [-0.4, -0.2) is 34.4 Å². The third-order valence-electron chi connectivity index (χ3n) is 5.77. The number of benzene rings is 1. The molecular weight excluding hydrogens is 493 g/mol. The fraction of sp³-hybridized carbons (Fsp3) is 0.391. The van der Waals surface area contributed by atoms with Gasteiger partial charge in [-0.3, -0.25) is 0 Å². The van der Waals surface area contributed by atoms with Crippen LogP contribution >= 0.6 is 11.3 Å². The van der Waals surface area contributed by atoms with E-state index in [1.807, 2.05) is 17.8 Å². The number of hydrogen-bond donors (Lipinski definition) is 1. The highest BCUT2D eigenvalue weighted by atomic mass is 32.1. The maximum atomic E-state index is 13.6. The van der Waals surface area contributed by atoms with Gasteiger partial charge in [-0.2, -0.15) is 13.2 Å².